The molecule has 0 saturated carbocycles. The second-order valence-corrected chi connectivity index (χ2v) is 2.03. The summed E-state index contributed by atoms with van der Waals surface area (Å²) in [5.74, 6) is -0.0116. The molecule has 0 fully saturated rings. The molecule has 12 heavy (non-hydrogen) atoms. The van der Waals surface area contributed by atoms with Crippen molar-refractivity contribution in [2.75, 3.05) is 0 Å². The normalized spacial score (nSPS) is 11.3. The topological polar surface area (TPSA) is 50.4 Å². The molecule has 1 heterocycles. The maximum atomic E-state index is 10.5. The van der Waals surface area contributed by atoms with Gasteiger partial charge in [-0.1, -0.05) is 13.8 Å². The van der Waals surface area contributed by atoms with Gasteiger partial charge in [0.15, 0.2) is 11.9 Å². The van der Waals surface area contributed by atoms with E-state index in [9.17, 15) is 4.79 Å². The van der Waals surface area contributed by atoms with Crippen molar-refractivity contribution >= 4 is 5.78 Å². The summed E-state index contributed by atoms with van der Waals surface area (Å²) in [7, 11) is 0. The second-order valence-electron chi connectivity index (χ2n) is 2.03. The van der Waals surface area contributed by atoms with Gasteiger partial charge in [0.2, 0.25) is 0 Å². The van der Waals surface area contributed by atoms with Crippen LogP contribution in [0.2, 0.25) is 0 Å². The SMILES string of the molecule is CC.CC(=O)C(O)c1ccco1. The Morgan fingerprint density at radius 2 is 2.17 bits per heavy atom. The minimum absolute atomic E-state index is 0.299. The fourth-order valence-electron chi connectivity index (χ4n) is 0.647. The first-order valence-corrected chi connectivity index (χ1v) is 3.93. The lowest BCUT2D eigenvalue weighted by molar-refractivity contribution is -0.125. The number of aliphatic hydroxyl groups excluding tert-OH is 1. The Labute approximate surface area is 72.0 Å². The molecule has 0 saturated heterocycles. The quantitative estimate of drug-likeness (QED) is 0.737. The third-order valence-corrected chi connectivity index (χ3v) is 1.20. The van der Waals surface area contributed by atoms with Crippen LogP contribution in [-0.2, 0) is 4.79 Å². The molecule has 3 heteroatoms. The zero-order chi connectivity index (χ0) is 9.56. The minimum atomic E-state index is -1.10. The Morgan fingerprint density at radius 1 is 1.58 bits per heavy atom. The first-order chi connectivity index (χ1) is 5.72. The van der Waals surface area contributed by atoms with E-state index < -0.39 is 6.10 Å². The summed E-state index contributed by atoms with van der Waals surface area (Å²) in [6, 6.07) is 3.19. The van der Waals surface area contributed by atoms with E-state index in [4.69, 9.17) is 9.52 Å². The van der Waals surface area contributed by atoms with Crippen LogP contribution in [0.3, 0.4) is 0 Å². The molecule has 68 valence electrons. The highest BCUT2D eigenvalue weighted by atomic mass is 16.4. The van der Waals surface area contributed by atoms with Crippen LogP contribution < -0.4 is 0 Å². The van der Waals surface area contributed by atoms with Crippen LogP contribution in [0.4, 0.5) is 0 Å². The Morgan fingerprint density at radius 3 is 2.50 bits per heavy atom. The first kappa shape index (κ1) is 10.9. The molecule has 1 aromatic rings. The lowest BCUT2D eigenvalue weighted by Crippen LogP contribution is -2.05. The molecular formula is C9H14O3. The summed E-state index contributed by atoms with van der Waals surface area (Å²) < 4.78 is 4.79. The number of carbonyl (C=O) groups is 1. The molecule has 0 radical (unpaired) electrons. The van der Waals surface area contributed by atoms with Crippen LogP contribution >= 0.6 is 0 Å². The monoisotopic (exact) mass is 170 g/mol. The molecular weight excluding hydrogens is 156 g/mol. The standard InChI is InChI=1S/C7H8O3.C2H6/c1-5(8)7(9)6-3-2-4-10-6;1-2/h2-4,7,9H,1H3;1-2H3. The average molecular weight is 170 g/mol. The van der Waals surface area contributed by atoms with Crippen molar-refractivity contribution in [3.63, 3.8) is 0 Å². The Hall–Kier alpha value is -1.09. The van der Waals surface area contributed by atoms with Crippen molar-refractivity contribution in [3.8, 4) is 0 Å². The highest BCUT2D eigenvalue weighted by Crippen LogP contribution is 2.12. The van der Waals surface area contributed by atoms with Crippen LogP contribution in [0, 0.1) is 0 Å². The van der Waals surface area contributed by atoms with Crippen molar-refractivity contribution in [2.45, 2.75) is 26.9 Å². The Balaban J connectivity index is 0.000000561. The van der Waals surface area contributed by atoms with E-state index in [1.165, 1.54) is 13.2 Å². The lowest BCUT2D eigenvalue weighted by atomic mass is 10.2. The second kappa shape index (κ2) is 5.55. The van der Waals surface area contributed by atoms with E-state index in [1.54, 1.807) is 12.1 Å². The maximum Gasteiger partial charge on any atom is 0.169 e. The summed E-state index contributed by atoms with van der Waals surface area (Å²) >= 11 is 0. The van der Waals surface area contributed by atoms with Gasteiger partial charge in [-0.25, -0.2) is 0 Å². The van der Waals surface area contributed by atoms with Crippen molar-refractivity contribution < 1.29 is 14.3 Å². The van der Waals surface area contributed by atoms with Gasteiger partial charge in [0.25, 0.3) is 0 Å². The van der Waals surface area contributed by atoms with Crippen molar-refractivity contribution in [1.29, 1.82) is 0 Å². The molecule has 0 aliphatic rings. The van der Waals surface area contributed by atoms with Gasteiger partial charge in [0, 0.05) is 0 Å². The van der Waals surface area contributed by atoms with E-state index in [2.05, 4.69) is 0 Å². The van der Waals surface area contributed by atoms with Gasteiger partial charge in [-0.3, -0.25) is 4.79 Å². The molecule has 1 N–H and O–H groups in total. The maximum absolute atomic E-state index is 10.5. The van der Waals surface area contributed by atoms with E-state index in [1.807, 2.05) is 13.8 Å². The van der Waals surface area contributed by atoms with Crippen LogP contribution in [0.1, 0.15) is 32.6 Å². The summed E-state index contributed by atoms with van der Waals surface area (Å²) in [5.41, 5.74) is 0. The van der Waals surface area contributed by atoms with E-state index in [0.29, 0.717) is 5.76 Å². The molecule has 1 unspecified atom stereocenters. The van der Waals surface area contributed by atoms with E-state index in [0.717, 1.165) is 0 Å². The van der Waals surface area contributed by atoms with E-state index in [-0.39, 0.29) is 5.78 Å². The van der Waals surface area contributed by atoms with Gasteiger partial charge in [0.1, 0.15) is 5.76 Å². The minimum Gasteiger partial charge on any atom is -0.466 e. The number of rotatable bonds is 2. The summed E-state index contributed by atoms with van der Waals surface area (Å²) in [5, 5.41) is 9.04. The molecule has 0 aliphatic heterocycles. The van der Waals surface area contributed by atoms with Crippen LogP contribution in [0.25, 0.3) is 0 Å². The number of Topliss-reactive ketones (excluding diaryl/α,β-unsaturated/α-hetero) is 1. The van der Waals surface area contributed by atoms with Crippen LogP contribution in [-0.4, -0.2) is 10.9 Å². The number of aliphatic hydroxyl groups is 1. The third-order valence-electron chi connectivity index (χ3n) is 1.20. The summed E-state index contributed by atoms with van der Waals surface area (Å²) in [6.45, 7) is 5.31. The van der Waals surface area contributed by atoms with Gasteiger partial charge in [0.05, 0.1) is 6.26 Å². The van der Waals surface area contributed by atoms with Gasteiger partial charge < -0.3 is 9.52 Å². The molecule has 3 nitrogen and oxygen atoms in total. The van der Waals surface area contributed by atoms with Crippen LogP contribution in [0.5, 0.6) is 0 Å². The van der Waals surface area contributed by atoms with E-state index >= 15 is 0 Å². The summed E-state index contributed by atoms with van der Waals surface area (Å²) in [4.78, 5) is 10.5. The van der Waals surface area contributed by atoms with Gasteiger partial charge >= 0.3 is 0 Å². The molecule has 0 spiro atoms. The van der Waals surface area contributed by atoms with Crippen molar-refractivity contribution in [2.24, 2.45) is 0 Å². The molecule has 0 aromatic carbocycles. The third kappa shape index (κ3) is 2.88. The average Bonchev–Trinajstić information content (AvgIpc) is 2.58. The van der Waals surface area contributed by atoms with Gasteiger partial charge in [-0.15, -0.1) is 0 Å². The smallest absolute Gasteiger partial charge is 0.169 e. The number of furan rings is 1. The summed E-state index contributed by atoms with van der Waals surface area (Å²) in [6.07, 6.45) is 0.316. The Kier molecular flexibility index (Phi) is 5.04. The predicted octanol–water partition coefficient (Wildman–Crippen LogP) is 1.93. The first-order valence-electron chi connectivity index (χ1n) is 3.93. The highest BCUT2D eigenvalue weighted by Gasteiger charge is 2.14. The molecule has 0 amide bonds. The largest absolute Gasteiger partial charge is 0.466 e. The predicted molar refractivity (Wildman–Crippen MR) is 45.7 cm³/mol. The highest BCUT2D eigenvalue weighted by molar-refractivity contribution is 5.80. The van der Waals surface area contributed by atoms with Crippen molar-refractivity contribution in [1.82, 2.24) is 0 Å². The van der Waals surface area contributed by atoms with Gasteiger partial charge in [-0.05, 0) is 19.1 Å². The zero-order valence-electron chi connectivity index (χ0n) is 7.57. The Bertz CT molecular complexity index is 214. The number of hydrogen-bond acceptors (Lipinski definition) is 3. The van der Waals surface area contributed by atoms with Gasteiger partial charge in [-0.2, -0.15) is 0 Å². The fraction of sp³-hybridized carbons (Fsp3) is 0.444. The molecule has 0 bridgehead atoms. The fourth-order valence-corrected chi connectivity index (χ4v) is 0.647. The lowest BCUT2D eigenvalue weighted by Gasteiger charge is -1.99. The molecule has 1 atom stereocenters. The number of carbonyl (C=O) groups excluding carboxylic acids is 1. The molecule has 0 aliphatic carbocycles. The zero-order valence-corrected chi connectivity index (χ0v) is 7.57. The van der Waals surface area contributed by atoms with Crippen LogP contribution in [0.15, 0.2) is 22.8 Å². The molecule has 1 aromatic heterocycles. The number of hydrogen-bond donors (Lipinski definition) is 1. The van der Waals surface area contributed by atoms with Crippen molar-refractivity contribution in [3.05, 3.63) is 24.2 Å². The molecule has 1 rings (SSSR count). The number of ketones is 1.